The molecular formula is C8H5Cl2NO2S. The lowest BCUT2D eigenvalue weighted by Crippen LogP contribution is -1.88. The Kier molecular flexibility index (Phi) is 2.21. The number of H-pyrrole nitrogens is 1. The van der Waals surface area contributed by atoms with Gasteiger partial charge in [-0.25, -0.2) is 8.42 Å². The summed E-state index contributed by atoms with van der Waals surface area (Å²) in [5.74, 6) is 0. The van der Waals surface area contributed by atoms with E-state index in [4.69, 9.17) is 22.3 Å². The number of hydrogen-bond acceptors (Lipinski definition) is 2. The quantitative estimate of drug-likeness (QED) is 0.791. The maximum atomic E-state index is 11.0. The molecule has 0 fully saturated rings. The molecule has 0 spiro atoms. The predicted molar refractivity (Wildman–Crippen MR) is 56.3 cm³/mol. The molecule has 1 N–H and O–H groups in total. The van der Waals surface area contributed by atoms with Gasteiger partial charge in [0, 0.05) is 21.6 Å². The van der Waals surface area contributed by atoms with Gasteiger partial charge >= 0.3 is 0 Å². The Labute approximate surface area is 90.1 Å². The number of hydrogen-bond donors (Lipinski definition) is 1. The van der Waals surface area contributed by atoms with Gasteiger partial charge in [-0.05, 0) is 24.3 Å². The summed E-state index contributed by atoms with van der Waals surface area (Å²) in [5, 5.41) is 1.18. The van der Waals surface area contributed by atoms with Gasteiger partial charge < -0.3 is 4.98 Å². The van der Waals surface area contributed by atoms with E-state index >= 15 is 0 Å². The standard InChI is InChI=1S/C8H5Cl2NO2S/c9-8-4-5-3-6(14(10,12)13)1-2-7(5)11-8/h1-4,11H. The van der Waals surface area contributed by atoms with Crippen LogP contribution in [0.2, 0.25) is 5.15 Å². The second-order valence-electron chi connectivity index (χ2n) is 2.80. The molecule has 2 rings (SSSR count). The van der Waals surface area contributed by atoms with Crippen molar-refractivity contribution >= 4 is 42.2 Å². The van der Waals surface area contributed by atoms with Gasteiger partial charge in [-0.2, -0.15) is 0 Å². The van der Waals surface area contributed by atoms with Crippen LogP contribution in [0.3, 0.4) is 0 Å². The maximum absolute atomic E-state index is 11.0. The molecule has 0 saturated carbocycles. The fourth-order valence-electron chi connectivity index (χ4n) is 1.23. The molecule has 74 valence electrons. The van der Waals surface area contributed by atoms with Crippen molar-refractivity contribution < 1.29 is 8.42 Å². The van der Waals surface area contributed by atoms with E-state index in [1.807, 2.05) is 0 Å². The van der Waals surface area contributed by atoms with Gasteiger partial charge in [0.15, 0.2) is 0 Å². The summed E-state index contributed by atoms with van der Waals surface area (Å²) in [4.78, 5) is 2.94. The largest absolute Gasteiger partial charge is 0.346 e. The number of aromatic nitrogens is 1. The second kappa shape index (κ2) is 3.15. The molecule has 0 unspecified atom stereocenters. The Morgan fingerprint density at radius 2 is 1.93 bits per heavy atom. The Hall–Kier alpha value is -0.710. The Morgan fingerprint density at radius 1 is 1.21 bits per heavy atom. The second-order valence-corrected chi connectivity index (χ2v) is 5.78. The number of aromatic amines is 1. The molecule has 0 atom stereocenters. The van der Waals surface area contributed by atoms with Crippen LogP contribution in [0.4, 0.5) is 0 Å². The van der Waals surface area contributed by atoms with Crippen LogP contribution in [0.1, 0.15) is 0 Å². The SMILES string of the molecule is O=S(=O)(Cl)c1ccc2[nH]c(Cl)cc2c1. The van der Waals surface area contributed by atoms with E-state index in [9.17, 15) is 8.42 Å². The first-order chi connectivity index (χ1) is 6.47. The highest BCUT2D eigenvalue weighted by Crippen LogP contribution is 2.23. The minimum absolute atomic E-state index is 0.0716. The Bertz CT molecular complexity index is 588. The lowest BCUT2D eigenvalue weighted by Gasteiger charge is -1.95. The molecule has 0 radical (unpaired) electrons. The van der Waals surface area contributed by atoms with Crippen LogP contribution in [0.25, 0.3) is 10.9 Å². The van der Waals surface area contributed by atoms with Gasteiger partial charge in [0.2, 0.25) is 0 Å². The van der Waals surface area contributed by atoms with Crippen LogP contribution in [-0.2, 0) is 9.05 Å². The number of benzene rings is 1. The molecule has 2 aromatic rings. The van der Waals surface area contributed by atoms with Crippen LogP contribution in [0.15, 0.2) is 29.2 Å². The molecule has 0 aliphatic carbocycles. The number of fused-ring (bicyclic) bond motifs is 1. The van der Waals surface area contributed by atoms with Crippen LogP contribution in [-0.4, -0.2) is 13.4 Å². The number of nitrogens with one attached hydrogen (secondary N) is 1. The molecule has 0 amide bonds. The third kappa shape index (κ3) is 1.73. The van der Waals surface area contributed by atoms with E-state index in [1.165, 1.54) is 12.1 Å². The minimum atomic E-state index is -3.67. The zero-order chi connectivity index (χ0) is 10.3. The third-order valence-electron chi connectivity index (χ3n) is 1.84. The zero-order valence-corrected chi connectivity index (χ0v) is 9.12. The first kappa shape index (κ1) is 9.83. The third-order valence-corrected chi connectivity index (χ3v) is 3.40. The summed E-state index contributed by atoms with van der Waals surface area (Å²) in [7, 11) is 1.52. The van der Waals surface area contributed by atoms with Crippen molar-refractivity contribution in [3.05, 3.63) is 29.4 Å². The van der Waals surface area contributed by atoms with Crippen molar-refractivity contribution in [3.63, 3.8) is 0 Å². The molecule has 6 heteroatoms. The van der Waals surface area contributed by atoms with Crippen molar-refractivity contribution in [1.82, 2.24) is 4.98 Å². The average molecular weight is 250 g/mol. The number of rotatable bonds is 1. The van der Waals surface area contributed by atoms with Crippen molar-refractivity contribution in [2.24, 2.45) is 0 Å². The Balaban J connectivity index is 2.74. The summed E-state index contributed by atoms with van der Waals surface area (Å²) in [6.45, 7) is 0. The molecule has 0 aliphatic rings. The average Bonchev–Trinajstić information content (AvgIpc) is 2.41. The molecule has 1 aromatic carbocycles. The van der Waals surface area contributed by atoms with E-state index in [0.29, 0.717) is 5.15 Å². The first-order valence-electron chi connectivity index (χ1n) is 3.70. The fraction of sp³-hybridized carbons (Fsp3) is 0. The lowest BCUT2D eigenvalue weighted by atomic mass is 10.2. The molecular weight excluding hydrogens is 245 g/mol. The normalized spacial score (nSPS) is 12.1. The highest BCUT2D eigenvalue weighted by molar-refractivity contribution is 8.13. The minimum Gasteiger partial charge on any atom is -0.346 e. The Morgan fingerprint density at radius 3 is 2.57 bits per heavy atom. The predicted octanol–water partition coefficient (Wildman–Crippen LogP) is 2.75. The highest BCUT2D eigenvalue weighted by atomic mass is 35.7. The van der Waals surface area contributed by atoms with Crippen molar-refractivity contribution in [1.29, 1.82) is 0 Å². The summed E-state index contributed by atoms with van der Waals surface area (Å²) < 4.78 is 22.0. The summed E-state index contributed by atoms with van der Waals surface area (Å²) in [5.41, 5.74) is 0.777. The van der Waals surface area contributed by atoms with Gasteiger partial charge in [0.05, 0.1) is 4.90 Å². The van der Waals surface area contributed by atoms with Crippen LogP contribution < -0.4 is 0 Å². The molecule has 0 saturated heterocycles. The van der Waals surface area contributed by atoms with Gasteiger partial charge in [0.25, 0.3) is 9.05 Å². The van der Waals surface area contributed by atoms with E-state index in [2.05, 4.69) is 4.98 Å². The summed E-state index contributed by atoms with van der Waals surface area (Å²) in [6, 6.07) is 6.16. The summed E-state index contributed by atoms with van der Waals surface area (Å²) in [6.07, 6.45) is 0. The van der Waals surface area contributed by atoms with Crippen LogP contribution in [0, 0.1) is 0 Å². The molecule has 0 aliphatic heterocycles. The monoisotopic (exact) mass is 249 g/mol. The van der Waals surface area contributed by atoms with Crippen molar-refractivity contribution in [3.8, 4) is 0 Å². The van der Waals surface area contributed by atoms with E-state index in [-0.39, 0.29) is 4.90 Å². The topological polar surface area (TPSA) is 49.9 Å². The molecule has 3 nitrogen and oxygen atoms in total. The van der Waals surface area contributed by atoms with Crippen LogP contribution in [0.5, 0.6) is 0 Å². The lowest BCUT2D eigenvalue weighted by molar-refractivity contribution is 0.609. The van der Waals surface area contributed by atoms with E-state index in [0.717, 1.165) is 10.9 Å². The fourth-order valence-corrected chi connectivity index (χ4v) is 2.23. The van der Waals surface area contributed by atoms with Crippen molar-refractivity contribution in [2.75, 3.05) is 0 Å². The van der Waals surface area contributed by atoms with Gasteiger partial charge in [0.1, 0.15) is 5.15 Å². The zero-order valence-electron chi connectivity index (χ0n) is 6.79. The highest BCUT2D eigenvalue weighted by Gasteiger charge is 2.10. The summed E-state index contributed by atoms with van der Waals surface area (Å²) >= 11 is 5.71. The van der Waals surface area contributed by atoms with Gasteiger partial charge in [-0.1, -0.05) is 11.6 Å². The van der Waals surface area contributed by atoms with Crippen LogP contribution >= 0.6 is 22.3 Å². The number of halogens is 2. The van der Waals surface area contributed by atoms with E-state index < -0.39 is 9.05 Å². The van der Waals surface area contributed by atoms with Gasteiger partial charge in [-0.15, -0.1) is 0 Å². The van der Waals surface area contributed by atoms with Gasteiger partial charge in [-0.3, -0.25) is 0 Å². The van der Waals surface area contributed by atoms with E-state index in [1.54, 1.807) is 12.1 Å². The molecule has 14 heavy (non-hydrogen) atoms. The molecule has 1 heterocycles. The smallest absolute Gasteiger partial charge is 0.261 e. The van der Waals surface area contributed by atoms with Crippen molar-refractivity contribution in [2.45, 2.75) is 4.90 Å². The molecule has 1 aromatic heterocycles. The first-order valence-corrected chi connectivity index (χ1v) is 6.38. The molecule has 0 bridgehead atoms. The maximum Gasteiger partial charge on any atom is 0.261 e.